The molecule has 0 aliphatic rings. The summed E-state index contributed by atoms with van der Waals surface area (Å²) in [5, 5.41) is 12.0. The van der Waals surface area contributed by atoms with Gasteiger partial charge in [-0.15, -0.1) is 0 Å². The molecule has 0 aromatic heterocycles. The second kappa shape index (κ2) is 5.32. The summed E-state index contributed by atoms with van der Waals surface area (Å²) < 4.78 is 0.952. The summed E-state index contributed by atoms with van der Waals surface area (Å²) in [5.41, 5.74) is 8.04. The molecule has 0 unspecified atom stereocenters. The lowest BCUT2D eigenvalue weighted by Crippen LogP contribution is -2.13. The number of aryl methyl sites for hydroxylation is 1. The zero-order chi connectivity index (χ0) is 14.0. The Kier molecular flexibility index (Phi) is 3.76. The van der Waals surface area contributed by atoms with Crippen molar-refractivity contribution in [1.29, 1.82) is 0 Å². The second-order valence-corrected chi connectivity index (χ2v) is 5.04. The molecule has 1 amide bonds. The number of phenolic OH excluding ortho intramolecular Hbond substituents is 1. The van der Waals surface area contributed by atoms with Crippen molar-refractivity contribution in [3.8, 4) is 5.75 Å². The zero-order valence-electron chi connectivity index (χ0n) is 10.3. The van der Waals surface area contributed by atoms with Gasteiger partial charge in [0.1, 0.15) is 5.75 Å². The SMILES string of the molecule is Cc1cc(C(=O)Nc2ccc(O)cc2N)ccc1Br. The number of hydrogen-bond acceptors (Lipinski definition) is 3. The van der Waals surface area contributed by atoms with Gasteiger partial charge in [-0.1, -0.05) is 15.9 Å². The fourth-order valence-corrected chi connectivity index (χ4v) is 1.89. The van der Waals surface area contributed by atoms with Gasteiger partial charge in [-0.3, -0.25) is 4.79 Å². The number of nitrogens with one attached hydrogen (secondary N) is 1. The molecule has 0 heterocycles. The van der Waals surface area contributed by atoms with Gasteiger partial charge in [0.05, 0.1) is 11.4 Å². The molecule has 0 aliphatic carbocycles. The molecule has 0 saturated heterocycles. The largest absolute Gasteiger partial charge is 0.508 e. The predicted molar refractivity (Wildman–Crippen MR) is 79.4 cm³/mol. The van der Waals surface area contributed by atoms with E-state index in [2.05, 4.69) is 21.2 Å². The summed E-state index contributed by atoms with van der Waals surface area (Å²) in [6.45, 7) is 1.91. The quantitative estimate of drug-likeness (QED) is 0.587. The van der Waals surface area contributed by atoms with Crippen LogP contribution in [0, 0.1) is 6.92 Å². The summed E-state index contributed by atoms with van der Waals surface area (Å²) in [4.78, 5) is 12.1. The Balaban J connectivity index is 2.23. The molecule has 4 N–H and O–H groups in total. The van der Waals surface area contributed by atoms with Crippen LogP contribution in [0.3, 0.4) is 0 Å². The summed E-state index contributed by atoms with van der Waals surface area (Å²) in [6, 6.07) is 9.76. The number of anilines is 2. The van der Waals surface area contributed by atoms with Gasteiger partial charge in [0, 0.05) is 16.1 Å². The number of carbonyl (C=O) groups is 1. The van der Waals surface area contributed by atoms with Crippen molar-refractivity contribution in [2.75, 3.05) is 11.1 Å². The highest BCUT2D eigenvalue weighted by atomic mass is 79.9. The maximum atomic E-state index is 12.1. The lowest BCUT2D eigenvalue weighted by Gasteiger charge is -2.09. The molecule has 0 bridgehead atoms. The molecule has 0 saturated carbocycles. The Labute approximate surface area is 119 Å². The van der Waals surface area contributed by atoms with Crippen molar-refractivity contribution in [3.05, 3.63) is 52.0 Å². The first-order valence-corrected chi connectivity index (χ1v) is 6.42. The maximum absolute atomic E-state index is 12.1. The van der Waals surface area contributed by atoms with Crippen LogP contribution in [0.15, 0.2) is 40.9 Å². The molecular weight excluding hydrogens is 308 g/mol. The van der Waals surface area contributed by atoms with Gasteiger partial charge in [-0.05, 0) is 42.8 Å². The highest BCUT2D eigenvalue weighted by molar-refractivity contribution is 9.10. The number of halogens is 1. The highest BCUT2D eigenvalue weighted by Gasteiger charge is 2.09. The third kappa shape index (κ3) is 3.06. The van der Waals surface area contributed by atoms with Crippen LogP contribution in [-0.4, -0.2) is 11.0 Å². The van der Waals surface area contributed by atoms with Crippen LogP contribution in [0.2, 0.25) is 0 Å². The average molecular weight is 321 g/mol. The molecule has 0 aliphatic heterocycles. The molecule has 0 radical (unpaired) electrons. The Morgan fingerprint density at radius 1 is 1.26 bits per heavy atom. The van der Waals surface area contributed by atoms with Crippen LogP contribution >= 0.6 is 15.9 Å². The van der Waals surface area contributed by atoms with Gasteiger partial charge in [0.2, 0.25) is 0 Å². The molecule has 2 aromatic rings. The predicted octanol–water partition coefficient (Wildman–Crippen LogP) is 3.30. The Bertz CT molecular complexity index is 641. The smallest absolute Gasteiger partial charge is 0.255 e. The minimum atomic E-state index is -0.243. The first kappa shape index (κ1) is 13.4. The number of benzene rings is 2. The number of aromatic hydroxyl groups is 1. The monoisotopic (exact) mass is 320 g/mol. The van der Waals surface area contributed by atoms with E-state index >= 15 is 0 Å². The molecule has 4 nitrogen and oxygen atoms in total. The van der Waals surface area contributed by atoms with E-state index in [4.69, 9.17) is 5.73 Å². The summed E-state index contributed by atoms with van der Waals surface area (Å²) in [6.07, 6.45) is 0. The number of hydrogen-bond donors (Lipinski definition) is 3. The van der Waals surface area contributed by atoms with E-state index in [1.165, 1.54) is 12.1 Å². The number of nitrogens with two attached hydrogens (primary N) is 1. The van der Waals surface area contributed by atoms with Crippen molar-refractivity contribution in [2.24, 2.45) is 0 Å². The van der Waals surface area contributed by atoms with E-state index in [0.29, 0.717) is 16.9 Å². The fraction of sp³-hybridized carbons (Fsp3) is 0.0714. The molecule has 0 fully saturated rings. The normalized spacial score (nSPS) is 10.2. The standard InChI is InChI=1S/C14H13BrN2O2/c1-8-6-9(2-4-11(8)15)14(19)17-13-5-3-10(18)7-12(13)16/h2-7,18H,16H2,1H3,(H,17,19). The highest BCUT2D eigenvalue weighted by Crippen LogP contribution is 2.24. The van der Waals surface area contributed by atoms with Crippen molar-refractivity contribution in [1.82, 2.24) is 0 Å². The third-order valence-corrected chi connectivity index (χ3v) is 3.59. The van der Waals surface area contributed by atoms with Crippen LogP contribution in [0.5, 0.6) is 5.75 Å². The summed E-state index contributed by atoms with van der Waals surface area (Å²) in [7, 11) is 0. The van der Waals surface area contributed by atoms with E-state index in [0.717, 1.165) is 10.0 Å². The first-order chi connectivity index (χ1) is 8.97. The van der Waals surface area contributed by atoms with E-state index in [9.17, 15) is 9.90 Å². The molecule has 2 rings (SSSR count). The molecule has 19 heavy (non-hydrogen) atoms. The summed E-state index contributed by atoms with van der Waals surface area (Å²) in [5.74, 6) is -0.178. The second-order valence-electron chi connectivity index (χ2n) is 4.19. The third-order valence-electron chi connectivity index (χ3n) is 2.70. The molecule has 2 aromatic carbocycles. The van der Waals surface area contributed by atoms with Crippen molar-refractivity contribution < 1.29 is 9.90 Å². The van der Waals surface area contributed by atoms with Crippen LogP contribution < -0.4 is 11.1 Å². The lowest BCUT2D eigenvalue weighted by molar-refractivity contribution is 0.102. The summed E-state index contributed by atoms with van der Waals surface area (Å²) >= 11 is 3.39. The average Bonchev–Trinajstić information content (AvgIpc) is 2.36. The van der Waals surface area contributed by atoms with Gasteiger partial charge < -0.3 is 16.2 Å². The van der Waals surface area contributed by atoms with Crippen LogP contribution in [0.25, 0.3) is 0 Å². The van der Waals surface area contributed by atoms with Crippen LogP contribution in [0.1, 0.15) is 15.9 Å². The van der Waals surface area contributed by atoms with Gasteiger partial charge >= 0.3 is 0 Å². The van der Waals surface area contributed by atoms with E-state index in [1.54, 1.807) is 18.2 Å². The van der Waals surface area contributed by atoms with Crippen molar-refractivity contribution in [3.63, 3.8) is 0 Å². The minimum absolute atomic E-state index is 0.0648. The van der Waals surface area contributed by atoms with E-state index in [1.807, 2.05) is 13.0 Å². The number of nitrogen functional groups attached to an aromatic ring is 1. The molecular formula is C14H13BrN2O2. The van der Waals surface area contributed by atoms with Gasteiger partial charge in [-0.25, -0.2) is 0 Å². The topological polar surface area (TPSA) is 75.3 Å². The maximum Gasteiger partial charge on any atom is 0.255 e. The van der Waals surface area contributed by atoms with E-state index < -0.39 is 0 Å². The molecule has 0 spiro atoms. The van der Waals surface area contributed by atoms with Gasteiger partial charge in [0.15, 0.2) is 0 Å². The van der Waals surface area contributed by atoms with E-state index in [-0.39, 0.29) is 11.7 Å². The van der Waals surface area contributed by atoms with Crippen molar-refractivity contribution in [2.45, 2.75) is 6.92 Å². The number of rotatable bonds is 2. The number of amides is 1. The molecule has 0 atom stereocenters. The molecule has 98 valence electrons. The van der Waals surface area contributed by atoms with Gasteiger partial charge in [0.25, 0.3) is 5.91 Å². The first-order valence-electron chi connectivity index (χ1n) is 5.63. The number of carbonyl (C=O) groups excluding carboxylic acids is 1. The Hall–Kier alpha value is -2.01. The van der Waals surface area contributed by atoms with Crippen molar-refractivity contribution >= 4 is 33.2 Å². The lowest BCUT2D eigenvalue weighted by atomic mass is 10.1. The molecule has 5 heteroatoms. The van der Waals surface area contributed by atoms with Crippen LogP contribution in [-0.2, 0) is 0 Å². The minimum Gasteiger partial charge on any atom is -0.508 e. The zero-order valence-corrected chi connectivity index (χ0v) is 11.9. The Morgan fingerprint density at radius 2 is 2.00 bits per heavy atom. The van der Waals surface area contributed by atoms with Gasteiger partial charge in [-0.2, -0.15) is 0 Å². The Morgan fingerprint density at radius 3 is 2.63 bits per heavy atom. The fourth-order valence-electron chi connectivity index (χ4n) is 1.64. The number of phenols is 1. The van der Waals surface area contributed by atoms with Crippen LogP contribution in [0.4, 0.5) is 11.4 Å².